The Bertz CT molecular complexity index is 665. The molecule has 2 aromatic heterocycles. The molecule has 1 N–H and O–H groups in total. The van der Waals surface area contributed by atoms with Crippen LogP contribution in [0.15, 0.2) is 24.8 Å². The minimum Gasteiger partial charge on any atom is -0.336 e. The number of anilines is 1. The number of hydrogen-bond acceptors (Lipinski definition) is 3. The smallest absolute Gasteiger partial charge is 0.233 e. The van der Waals surface area contributed by atoms with Gasteiger partial charge in [0.1, 0.15) is 5.82 Å². The molecule has 1 amide bonds. The Morgan fingerprint density at radius 2 is 2.13 bits per heavy atom. The van der Waals surface area contributed by atoms with Gasteiger partial charge in [-0.2, -0.15) is 5.10 Å². The Kier molecular flexibility index (Phi) is 4.24. The Labute approximate surface area is 136 Å². The van der Waals surface area contributed by atoms with E-state index in [-0.39, 0.29) is 11.3 Å². The summed E-state index contributed by atoms with van der Waals surface area (Å²) in [5, 5.41) is 7.69. The minimum absolute atomic E-state index is 0.0957. The number of nitrogens with zero attached hydrogens (tertiary/aromatic N) is 4. The highest BCUT2D eigenvalue weighted by molar-refractivity contribution is 5.96. The van der Waals surface area contributed by atoms with Crippen molar-refractivity contribution in [3.63, 3.8) is 0 Å². The Morgan fingerprint density at radius 1 is 1.39 bits per heavy atom. The highest BCUT2D eigenvalue weighted by atomic mass is 16.2. The van der Waals surface area contributed by atoms with Crippen molar-refractivity contribution >= 4 is 11.7 Å². The average Bonchev–Trinajstić information content (AvgIpc) is 2.96. The van der Waals surface area contributed by atoms with Crippen LogP contribution in [0.1, 0.15) is 51.3 Å². The highest BCUT2D eigenvalue weighted by Crippen LogP contribution is 2.48. The molecule has 1 aliphatic carbocycles. The van der Waals surface area contributed by atoms with E-state index in [2.05, 4.69) is 29.2 Å². The third kappa shape index (κ3) is 3.16. The van der Waals surface area contributed by atoms with Crippen LogP contribution in [0, 0.1) is 12.3 Å². The Morgan fingerprint density at radius 3 is 2.70 bits per heavy atom. The second kappa shape index (κ2) is 6.18. The van der Waals surface area contributed by atoms with E-state index in [0.29, 0.717) is 12.6 Å². The number of imidazole rings is 1. The normalized spacial score (nSPS) is 15.8. The van der Waals surface area contributed by atoms with Crippen LogP contribution in [0.5, 0.6) is 0 Å². The monoisotopic (exact) mass is 315 g/mol. The van der Waals surface area contributed by atoms with Gasteiger partial charge in [-0.15, -0.1) is 0 Å². The van der Waals surface area contributed by atoms with Crippen molar-refractivity contribution in [2.45, 2.75) is 59.0 Å². The second-order valence-corrected chi connectivity index (χ2v) is 6.56. The Balaban J connectivity index is 1.75. The van der Waals surface area contributed by atoms with Gasteiger partial charge in [0.05, 0.1) is 23.5 Å². The molecule has 0 unspecified atom stereocenters. The van der Waals surface area contributed by atoms with Crippen molar-refractivity contribution < 1.29 is 4.79 Å². The molecule has 2 heterocycles. The number of carbonyl (C=O) groups is 1. The predicted molar refractivity (Wildman–Crippen MR) is 89.1 cm³/mol. The van der Waals surface area contributed by atoms with Gasteiger partial charge in [-0.25, -0.2) is 9.67 Å². The van der Waals surface area contributed by atoms with Crippen molar-refractivity contribution in [1.82, 2.24) is 19.3 Å². The van der Waals surface area contributed by atoms with Crippen LogP contribution in [-0.4, -0.2) is 25.2 Å². The van der Waals surface area contributed by atoms with Gasteiger partial charge in [-0.1, -0.05) is 13.8 Å². The molecule has 0 radical (unpaired) electrons. The first-order chi connectivity index (χ1) is 11.1. The van der Waals surface area contributed by atoms with Crippen molar-refractivity contribution in [3.8, 4) is 0 Å². The Hall–Kier alpha value is -2.11. The van der Waals surface area contributed by atoms with Gasteiger partial charge in [0.2, 0.25) is 5.91 Å². The first-order valence-corrected chi connectivity index (χ1v) is 8.41. The number of carbonyl (C=O) groups excluding carboxylic acids is 1. The summed E-state index contributed by atoms with van der Waals surface area (Å²) < 4.78 is 3.95. The molecule has 23 heavy (non-hydrogen) atoms. The zero-order valence-corrected chi connectivity index (χ0v) is 14.1. The maximum atomic E-state index is 12.8. The molecule has 1 fully saturated rings. The maximum Gasteiger partial charge on any atom is 0.233 e. The highest BCUT2D eigenvalue weighted by Gasteiger charge is 2.50. The molecule has 6 heteroatoms. The molecule has 6 nitrogen and oxygen atoms in total. The van der Waals surface area contributed by atoms with Gasteiger partial charge in [0, 0.05) is 25.0 Å². The van der Waals surface area contributed by atoms with Crippen LogP contribution in [0.3, 0.4) is 0 Å². The van der Waals surface area contributed by atoms with Gasteiger partial charge in [0.25, 0.3) is 0 Å². The molecule has 124 valence electrons. The topological polar surface area (TPSA) is 64.7 Å². The molecule has 0 saturated heterocycles. The lowest BCUT2D eigenvalue weighted by Gasteiger charge is -2.19. The van der Waals surface area contributed by atoms with E-state index in [1.165, 1.54) is 0 Å². The summed E-state index contributed by atoms with van der Waals surface area (Å²) in [4.78, 5) is 16.9. The van der Waals surface area contributed by atoms with E-state index in [0.717, 1.165) is 37.2 Å². The van der Waals surface area contributed by atoms with E-state index < -0.39 is 0 Å². The van der Waals surface area contributed by atoms with Crippen LogP contribution in [0.25, 0.3) is 0 Å². The van der Waals surface area contributed by atoms with E-state index in [1.807, 2.05) is 28.4 Å². The van der Waals surface area contributed by atoms with Gasteiger partial charge in [-0.05, 0) is 32.6 Å². The summed E-state index contributed by atoms with van der Waals surface area (Å²) >= 11 is 0. The summed E-state index contributed by atoms with van der Waals surface area (Å²) in [5.74, 6) is 0.913. The minimum atomic E-state index is -0.294. The summed E-state index contributed by atoms with van der Waals surface area (Å²) in [7, 11) is 0. The van der Waals surface area contributed by atoms with Crippen LogP contribution < -0.4 is 5.32 Å². The number of hydrogen-bond donors (Lipinski definition) is 1. The molecule has 1 saturated carbocycles. The van der Waals surface area contributed by atoms with Gasteiger partial charge >= 0.3 is 0 Å². The van der Waals surface area contributed by atoms with Crippen LogP contribution in [0.4, 0.5) is 5.82 Å². The van der Waals surface area contributed by atoms with Crippen molar-refractivity contribution in [2.24, 2.45) is 5.41 Å². The fourth-order valence-corrected chi connectivity index (χ4v) is 3.11. The number of rotatable bonds is 7. The summed E-state index contributed by atoms with van der Waals surface area (Å²) in [6, 6.07) is 2.28. The number of nitrogens with one attached hydrogen (secondary N) is 1. The molecule has 0 aromatic carbocycles. The summed E-state index contributed by atoms with van der Waals surface area (Å²) in [6.07, 6.45) is 9.28. The van der Waals surface area contributed by atoms with Crippen molar-refractivity contribution in [1.29, 1.82) is 0 Å². The van der Waals surface area contributed by atoms with E-state index in [9.17, 15) is 4.79 Å². The van der Waals surface area contributed by atoms with Crippen LogP contribution >= 0.6 is 0 Å². The average molecular weight is 315 g/mol. The third-order valence-electron chi connectivity index (χ3n) is 4.77. The van der Waals surface area contributed by atoms with Crippen LogP contribution in [0.2, 0.25) is 0 Å². The lowest BCUT2D eigenvalue weighted by molar-refractivity contribution is -0.121. The number of amides is 1. The molecule has 0 bridgehead atoms. The standard InChI is InChI=1S/C17H25N5O/c1-4-14(5-2)22-15(10-13(3)20-22)19-16(23)17(6-7-17)11-21-9-8-18-12-21/h8-10,12,14H,4-7,11H2,1-3H3,(H,19,23). The zero-order chi connectivity index (χ0) is 16.4. The van der Waals surface area contributed by atoms with Crippen molar-refractivity contribution in [3.05, 3.63) is 30.5 Å². The molecular formula is C17H25N5O. The predicted octanol–water partition coefficient (Wildman–Crippen LogP) is 3.17. The van der Waals surface area contributed by atoms with E-state index in [4.69, 9.17) is 0 Å². The fraction of sp³-hybridized carbons (Fsp3) is 0.588. The maximum absolute atomic E-state index is 12.8. The van der Waals surface area contributed by atoms with E-state index >= 15 is 0 Å². The lowest BCUT2D eigenvalue weighted by Crippen LogP contribution is -2.29. The third-order valence-corrected chi connectivity index (χ3v) is 4.77. The number of aryl methyl sites for hydroxylation is 1. The quantitative estimate of drug-likeness (QED) is 0.853. The van der Waals surface area contributed by atoms with E-state index in [1.54, 1.807) is 12.5 Å². The van der Waals surface area contributed by atoms with Crippen molar-refractivity contribution in [2.75, 3.05) is 5.32 Å². The molecule has 0 atom stereocenters. The summed E-state index contributed by atoms with van der Waals surface area (Å²) in [5.41, 5.74) is 0.643. The van der Waals surface area contributed by atoms with Gasteiger partial charge < -0.3 is 9.88 Å². The molecular weight excluding hydrogens is 290 g/mol. The molecule has 0 aliphatic heterocycles. The van der Waals surface area contributed by atoms with Gasteiger partial charge in [0.15, 0.2) is 0 Å². The number of aromatic nitrogens is 4. The fourth-order valence-electron chi connectivity index (χ4n) is 3.11. The molecule has 1 aliphatic rings. The summed E-state index contributed by atoms with van der Waals surface area (Å²) in [6.45, 7) is 6.96. The molecule has 0 spiro atoms. The van der Waals surface area contributed by atoms with Gasteiger partial charge in [-0.3, -0.25) is 4.79 Å². The SMILES string of the molecule is CCC(CC)n1nc(C)cc1NC(=O)C1(Cn2ccnc2)CC1. The first-order valence-electron chi connectivity index (χ1n) is 8.41. The zero-order valence-electron chi connectivity index (χ0n) is 14.1. The largest absolute Gasteiger partial charge is 0.336 e. The molecule has 2 aromatic rings. The molecule has 3 rings (SSSR count). The first kappa shape index (κ1) is 15.8. The van der Waals surface area contributed by atoms with Crippen LogP contribution in [-0.2, 0) is 11.3 Å². The second-order valence-electron chi connectivity index (χ2n) is 6.56. The lowest BCUT2D eigenvalue weighted by atomic mass is 10.1.